The average Bonchev–Trinajstić information content (AvgIpc) is 3.59. The molecule has 9 nitrogen and oxygen atoms in total. The van der Waals surface area contributed by atoms with E-state index in [1.165, 1.54) is 17.9 Å². The van der Waals surface area contributed by atoms with Crippen molar-refractivity contribution in [2.45, 2.75) is 110 Å². The molecule has 0 spiro atoms. The second-order valence-electron chi connectivity index (χ2n) is 13.7. The minimum absolute atomic E-state index is 0.0285. The standard InChI is InChI=1S/C34H45F2N3O6/c1-7-23-27-18-39(28(23)19(3)40)31(41)29(33(4,5)6)38-32(42)45-26-16-21(26)11-9-10-14-34(35,36)24-15-20-12-13-22(43-8-2)17-25(20)37-30(24)44-27/h12-13,15,17,21,23,26-29H,7-11,14,16,18H2,1-6H3,(H,38,42)/t21-,23-,26-,27+,28-,29-/m1/s1. The van der Waals surface area contributed by atoms with E-state index in [0.717, 1.165) is 0 Å². The first-order valence-corrected chi connectivity index (χ1v) is 16.1. The van der Waals surface area contributed by atoms with E-state index in [1.54, 1.807) is 18.2 Å². The fourth-order valence-corrected chi connectivity index (χ4v) is 6.78. The van der Waals surface area contributed by atoms with Gasteiger partial charge in [-0.25, -0.2) is 18.6 Å². The van der Waals surface area contributed by atoms with E-state index < -0.39 is 53.9 Å². The number of ketones is 1. The Morgan fingerprint density at radius 1 is 1.13 bits per heavy atom. The number of amides is 2. The lowest BCUT2D eigenvalue weighted by molar-refractivity contribution is -0.141. The van der Waals surface area contributed by atoms with Crippen molar-refractivity contribution in [2.75, 3.05) is 13.2 Å². The number of alkyl carbamates (subject to hydrolysis) is 1. The van der Waals surface area contributed by atoms with E-state index in [9.17, 15) is 14.4 Å². The molecule has 1 N–H and O–H groups in total. The van der Waals surface area contributed by atoms with E-state index in [-0.39, 0.29) is 42.2 Å². The van der Waals surface area contributed by atoms with Gasteiger partial charge in [0, 0.05) is 23.8 Å². The first-order chi connectivity index (χ1) is 21.2. The van der Waals surface area contributed by atoms with Crippen LogP contribution >= 0.6 is 0 Å². The highest BCUT2D eigenvalue weighted by molar-refractivity contribution is 5.92. The third kappa shape index (κ3) is 7.02. The van der Waals surface area contributed by atoms with Gasteiger partial charge in [-0.15, -0.1) is 0 Å². The number of carbonyl (C=O) groups is 3. The van der Waals surface area contributed by atoms with Crippen molar-refractivity contribution < 1.29 is 37.4 Å². The molecule has 11 heteroatoms. The Kier molecular flexibility index (Phi) is 9.29. The first-order valence-electron chi connectivity index (χ1n) is 16.1. The molecule has 2 amide bonds. The summed E-state index contributed by atoms with van der Waals surface area (Å²) in [5, 5.41) is 3.31. The Labute approximate surface area is 263 Å². The van der Waals surface area contributed by atoms with Gasteiger partial charge in [0.25, 0.3) is 5.92 Å². The summed E-state index contributed by atoms with van der Waals surface area (Å²) >= 11 is 0. The molecule has 2 aromatic rings. The zero-order chi connectivity index (χ0) is 32.7. The Hall–Kier alpha value is -3.50. The molecule has 2 bridgehead atoms. The smallest absolute Gasteiger partial charge is 0.408 e. The van der Waals surface area contributed by atoms with Gasteiger partial charge in [-0.2, -0.15) is 0 Å². The summed E-state index contributed by atoms with van der Waals surface area (Å²) in [6, 6.07) is 4.71. The fraction of sp³-hybridized carbons (Fsp3) is 0.647. The molecule has 0 radical (unpaired) electrons. The van der Waals surface area contributed by atoms with Gasteiger partial charge in [0.1, 0.15) is 24.0 Å². The van der Waals surface area contributed by atoms with Crippen LogP contribution in [0.4, 0.5) is 13.6 Å². The van der Waals surface area contributed by atoms with Gasteiger partial charge in [-0.05, 0) is 69.1 Å². The van der Waals surface area contributed by atoms with Crippen LogP contribution in [0.1, 0.15) is 85.6 Å². The number of Topliss-reactive ketones (excluding diaryl/α,β-unsaturated/α-hetero) is 1. The van der Waals surface area contributed by atoms with Crippen LogP contribution in [0.25, 0.3) is 10.9 Å². The quantitative estimate of drug-likeness (QED) is 0.417. The van der Waals surface area contributed by atoms with E-state index in [4.69, 9.17) is 14.2 Å². The molecule has 1 saturated heterocycles. The summed E-state index contributed by atoms with van der Waals surface area (Å²) in [6.07, 6.45) is 0.390. The molecule has 1 aromatic heterocycles. The molecule has 2 aliphatic heterocycles. The summed E-state index contributed by atoms with van der Waals surface area (Å²) in [4.78, 5) is 46.2. The van der Waals surface area contributed by atoms with Gasteiger partial charge in [-0.1, -0.05) is 34.1 Å². The molecule has 6 atom stereocenters. The maximum Gasteiger partial charge on any atom is 0.408 e. The first kappa shape index (κ1) is 32.9. The van der Waals surface area contributed by atoms with Crippen LogP contribution in [0.3, 0.4) is 0 Å². The lowest BCUT2D eigenvalue weighted by Crippen LogP contribution is -2.57. The van der Waals surface area contributed by atoms with Crippen molar-refractivity contribution in [1.82, 2.24) is 15.2 Å². The number of nitrogens with one attached hydrogen (secondary N) is 1. The van der Waals surface area contributed by atoms with Crippen molar-refractivity contribution in [3.8, 4) is 11.6 Å². The third-order valence-electron chi connectivity index (χ3n) is 9.30. The minimum atomic E-state index is -3.24. The Bertz CT molecular complexity index is 1440. The van der Waals surface area contributed by atoms with Crippen molar-refractivity contribution in [3.05, 3.63) is 29.8 Å². The highest BCUT2D eigenvalue weighted by atomic mass is 19.3. The second-order valence-corrected chi connectivity index (χ2v) is 13.7. The van der Waals surface area contributed by atoms with Crippen molar-refractivity contribution in [2.24, 2.45) is 17.3 Å². The number of ether oxygens (including phenoxy) is 3. The monoisotopic (exact) mass is 629 g/mol. The van der Waals surface area contributed by atoms with E-state index in [0.29, 0.717) is 48.9 Å². The Morgan fingerprint density at radius 2 is 1.89 bits per heavy atom. The zero-order valence-electron chi connectivity index (χ0n) is 27.0. The summed E-state index contributed by atoms with van der Waals surface area (Å²) in [5.41, 5.74) is -0.586. The summed E-state index contributed by atoms with van der Waals surface area (Å²) < 4.78 is 49.7. The second kappa shape index (κ2) is 12.7. The molecule has 3 aliphatic rings. The van der Waals surface area contributed by atoms with Crippen LogP contribution < -0.4 is 14.8 Å². The molecular formula is C34H45F2N3O6. The van der Waals surface area contributed by atoms with Crippen molar-refractivity contribution >= 4 is 28.7 Å². The van der Waals surface area contributed by atoms with Gasteiger partial charge in [0.2, 0.25) is 11.8 Å². The summed E-state index contributed by atoms with van der Waals surface area (Å²) in [7, 11) is 0. The molecular weight excluding hydrogens is 584 g/mol. The average molecular weight is 630 g/mol. The van der Waals surface area contributed by atoms with E-state index in [2.05, 4.69) is 10.3 Å². The molecule has 5 rings (SSSR count). The topological polar surface area (TPSA) is 107 Å². The van der Waals surface area contributed by atoms with Gasteiger partial charge >= 0.3 is 6.09 Å². The molecule has 3 heterocycles. The number of aromatic nitrogens is 1. The van der Waals surface area contributed by atoms with Crippen LogP contribution in [0.15, 0.2) is 24.3 Å². The molecule has 246 valence electrons. The number of hydrogen-bond donors (Lipinski definition) is 1. The number of fused-ring (bicyclic) bond motifs is 5. The van der Waals surface area contributed by atoms with Gasteiger partial charge < -0.3 is 24.4 Å². The van der Waals surface area contributed by atoms with Crippen LogP contribution in [0.5, 0.6) is 11.6 Å². The number of halogens is 2. The number of rotatable bonds is 4. The number of hydrogen-bond acceptors (Lipinski definition) is 7. The SMILES string of the molecule is CCOc1ccc2cc3c(nc2c1)O[C@H]1CN(C(=O)[C@H](C(C)(C)C)NC(=O)O[C@@H]2C[C@H]2CCCCC3(F)F)[C@H](C(C)=O)[C@@H]1CC. The van der Waals surface area contributed by atoms with Crippen molar-refractivity contribution in [1.29, 1.82) is 0 Å². The van der Waals surface area contributed by atoms with Crippen LogP contribution in [0, 0.1) is 17.3 Å². The molecule has 0 unspecified atom stereocenters. The molecule has 1 aromatic carbocycles. The largest absolute Gasteiger partial charge is 0.494 e. The highest BCUT2D eigenvalue weighted by Gasteiger charge is 2.51. The van der Waals surface area contributed by atoms with Gasteiger partial charge in [0.15, 0.2) is 5.78 Å². The fourth-order valence-electron chi connectivity index (χ4n) is 6.78. The molecule has 1 aliphatic carbocycles. The van der Waals surface area contributed by atoms with E-state index in [1.807, 2.05) is 34.6 Å². The maximum absolute atomic E-state index is 16.0. The summed E-state index contributed by atoms with van der Waals surface area (Å²) in [6.45, 7) is 11.0. The molecule has 2 fully saturated rings. The van der Waals surface area contributed by atoms with Crippen LogP contribution in [-0.4, -0.2) is 65.1 Å². The predicted octanol–water partition coefficient (Wildman–Crippen LogP) is 6.40. The Balaban J connectivity index is 1.59. The minimum Gasteiger partial charge on any atom is -0.494 e. The number of carbonyl (C=O) groups excluding carboxylic acids is 3. The Morgan fingerprint density at radius 3 is 2.56 bits per heavy atom. The molecule has 1 saturated carbocycles. The lowest BCUT2D eigenvalue weighted by Gasteiger charge is -2.35. The number of nitrogens with zero attached hydrogens (tertiary/aromatic N) is 2. The maximum atomic E-state index is 16.0. The van der Waals surface area contributed by atoms with E-state index >= 15 is 8.78 Å². The van der Waals surface area contributed by atoms with Crippen LogP contribution in [0.2, 0.25) is 0 Å². The van der Waals surface area contributed by atoms with Gasteiger partial charge in [0.05, 0.1) is 30.3 Å². The number of benzene rings is 1. The van der Waals surface area contributed by atoms with Crippen LogP contribution in [-0.2, 0) is 20.2 Å². The zero-order valence-corrected chi connectivity index (χ0v) is 27.0. The van der Waals surface area contributed by atoms with Crippen molar-refractivity contribution in [3.63, 3.8) is 0 Å². The number of pyridine rings is 1. The normalized spacial score (nSPS) is 28.9. The molecule has 45 heavy (non-hydrogen) atoms. The summed E-state index contributed by atoms with van der Waals surface area (Å²) in [5.74, 6) is -3.98. The third-order valence-corrected chi connectivity index (χ3v) is 9.30. The highest BCUT2D eigenvalue weighted by Crippen LogP contribution is 2.44. The lowest BCUT2D eigenvalue weighted by atomic mass is 9.85. The van der Waals surface area contributed by atoms with Gasteiger partial charge in [-0.3, -0.25) is 9.59 Å². The predicted molar refractivity (Wildman–Crippen MR) is 164 cm³/mol. The number of alkyl halides is 2.